The largest absolute Gasteiger partial charge is 0.346 e. The Balaban J connectivity index is 1.90. The van der Waals surface area contributed by atoms with E-state index in [1.54, 1.807) is 47.5 Å². The summed E-state index contributed by atoms with van der Waals surface area (Å²) in [5.41, 5.74) is 0.532. The van der Waals surface area contributed by atoms with E-state index in [4.69, 9.17) is 0 Å². The van der Waals surface area contributed by atoms with Gasteiger partial charge in [0.25, 0.3) is 5.91 Å². The first-order valence-corrected chi connectivity index (χ1v) is 9.21. The maximum absolute atomic E-state index is 12.5. The minimum atomic E-state index is -3.55. The van der Waals surface area contributed by atoms with Crippen molar-refractivity contribution in [1.29, 1.82) is 0 Å². The highest BCUT2D eigenvalue weighted by molar-refractivity contribution is 7.90. The van der Waals surface area contributed by atoms with Crippen molar-refractivity contribution >= 4 is 21.3 Å². The SMILES string of the molecule is C[C@H](Cn1cccn1)NC(=O)c1nc(S(C)(=O)=O)n2ccccc12. The first kappa shape index (κ1) is 16.2. The summed E-state index contributed by atoms with van der Waals surface area (Å²) in [6, 6.07) is 6.68. The highest BCUT2D eigenvalue weighted by atomic mass is 32.2. The number of nitrogens with one attached hydrogen (secondary N) is 1. The Morgan fingerprint density at radius 3 is 2.75 bits per heavy atom. The molecule has 0 fully saturated rings. The monoisotopic (exact) mass is 347 g/mol. The third-order valence-electron chi connectivity index (χ3n) is 3.46. The van der Waals surface area contributed by atoms with Gasteiger partial charge in [0.15, 0.2) is 5.69 Å². The zero-order chi connectivity index (χ0) is 17.3. The minimum absolute atomic E-state index is 0.0864. The maximum Gasteiger partial charge on any atom is 0.272 e. The highest BCUT2D eigenvalue weighted by Gasteiger charge is 2.23. The summed E-state index contributed by atoms with van der Waals surface area (Å²) >= 11 is 0. The Bertz CT molecular complexity index is 976. The second-order valence-corrected chi connectivity index (χ2v) is 7.48. The molecule has 24 heavy (non-hydrogen) atoms. The number of aromatic nitrogens is 4. The molecule has 0 aliphatic rings. The van der Waals surface area contributed by atoms with Crippen LogP contribution in [0.1, 0.15) is 17.4 Å². The zero-order valence-corrected chi connectivity index (χ0v) is 14.1. The summed E-state index contributed by atoms with van der Waals surface area (Å²) in [6.45, 7) is 2.35. The fourth-order valence-corrected chi connectivity index (χ4v) is 3.24. The van der Waals surface area contributed by atoms with E-state index in [1.807, 2.05) is 6.92 Å². The molecular weight excluding hydrogens is 330 g/mol. The van der Waals surface area contributed by atoms with Gasteiger partial charge in [0, 0.05) is 30.9 Å². The van der Waals surface area contributed by atoms with E-state index in [0.717, 1.165) is 6.26 Å². The number of hydrogen-bond acceptors (Lipinski definition) is 5. The molecule has 1 atom stereocenters. The summed E-state index contributed by atoms with van der Waals surface area (Å²) in [6.07, 6.45) is 6.10. The molecule has 0 unspecified atom stereocenters. The quantitative estimate of drug-likeness (QED) is 0.734. The average Bonchev–Trinajstić information content (AvgIpc) is 3.13. The van der Waals surface area contributed by atoms with Gasteiger partial charge >= 0.3 is 0 Å². The second kappa shape index (κ2) is 6.08. The van der Waals surface area contributed by atoms with Crippen LogP contribution in [-0.2, 0) is 16.4 Å². The molecule has 9 heteroatoms. The molecule has 0 spiro atoms. The van der Waals surface area contributed by atoms with Crippen LogP contribution in [-0.4, -0.2) is 45.8 Å². The molecule has 126 valence electrons. The van der Waals surface area contributed by atoms with Crippen molar-refractivity contribution in [2.45, 2.75) is 24.7 Å². The number of carbonyl (C=O) groups is 1. The number of carbonyl (C=O) groups excluding carboxylic acids is 1. The smallest absolute Gasteiger partial charge is 0.272 e. The molecule has 1 N–H and O–H groups in total. The third-order valence-corrected chi connectivity index (χ3v) is 4.41. The van der Waals surface area contributed by atoms with Crippen LogP contribution in [0.25, 0.3) is 5.52 Å². The number of imidazole rings is 1. The van der Waals surface area contributed by atoms with Crippen molar-refractivity contribution in [2.24, 2.45) is 0 Å². The minimum Gasteiger partial charge on any atom is -0.346 e. The number of rotatable bonds is 5. The van der Waals surface area contributed by atoms with E-state index in [0.29, 0.717) is 12.1 Å². The van der Waals surface area contributed by atoms with Crippen LogP contribution in [0, 0.1) is 0 Å². The Kier molecular flexibility index (Phi) is 4.10. The lowest BCUT2D eigenvalue weighted by molar-refractivity contribution is 0.0933. The predicted octanol–water partition coefficient (Wildman–Crippen LogP) is 0.753. The number of fused-ring (bicyclic) bond motifs is 1. The molecule has 0 aliphatic carbocycles. The van der Waals surface area contributed by atoms with Gasteiger partial charge in [-0.05, 0) is 25.1 Å². The Hall–Kier alpha value is -2.68. The lowest BCUT2D eigenvalue weighted by Crippen LogP contribution is -2.36. The number of sulfone groups is 1. The van der Waals surface area contributed by atoms with Gasteiger partial charge in [-0.2, -0.15) is 5.10 Å². The first-order chi connectivity index (χ1) is 11.4. The maximum atomic E-state index is 12.5. The molecule has 0 saturated carbocycles. The van der Waals surface area contributed by atoms with Gasteiger partial charge in [-0.1, -0.05) is 6.07 Å². The van der Waals surface area contributed by atoms with Gasteiger partial charge in [0.05, 0.1) is 12.1 Å². The summed E-state index contributed by atoms with van der Waals surface area (Å²) in [4.78, 5) is 16.6. The predicted molar refractivity (Wildman–Crippen MR) is 87.5 cm³/mol. The zero-order valence-electron chi connectivity index (χ0n) is 13.2. The fraction of sp³-hybridized carbons (Fsp3) is 0.267. The lowest BCUT2D eigenvalue weighted by atomic mass is 10.2. The molecular formula is C15H17N5O3S. The lowest BCUT2D eigenvalue weighted by Gasteiger charge is -2.13. The number of hydrogen-bond donors (Lipinski definition) is 1. The Morgan fingerprint density at radius 1 is 1.29 bits per heavy atom. The number of amides is 1. The van der Waals surface area contributed by atoms with Crippen molar-refractivity contribution < 1.29 is 13.2 Å². The van der Waals surface area contributed by atoms with Gasteiger partial charge in [0.1, 0.15) is 0 Å². The van der Waals surface area contributed by atoms with Crippen molar-refractivity contribution in [3.05, 3.63) is 48.5 Å². The van der Waals surface area contributed by atoms with Gasteiger partial charge in [0.2, 0.25) is 15.0 Å². The average molecular weight is 347 g/mol. The summed E-state index contributed by atoms with van der Waals surface area (Å²) < 4.78 is 26.9. The second-order valence-electron chi connectivity index (χ2n) is 5.57. The first-order valence-electron chi connectivity index (χ1n) is 7.31. The molecule has 0 saturated heterocycles. The Labute approximate surface area is 139 Å². The van der Waals surface area contributed by atoms with E-state index < -0.39 is 15.7 Å². The topological polar surface area (TPSA) is 98.4 Å². The summed E-state index contributed by atoms with van der Waals surface area (Å²) in [5.74, 6) is -0.423. The standard InChI is InChI=1S/C15H17N5O3S/c1-11(10-19-8-5-7-16-19)17-14(21)13-12-6-3-4-9-20(12)15(18-13)24(2,22)23/h3-9,11H,10H2,1-2H3,(H,17,21)/t11-/m1/s1. The van der Waals surface area contributed by atoms with Crippen molar-refractivity contribution in [1.82, 2.24) is 24.5 Å². The highest BCUT2D eigenvalue weighted by Crippen LogP contribution is 2.17. The van der Waals surface area contributed by atoms with Crippen molar-refractivity contribution in [2.75, 3.05) is 6.26 Å². The fourth-order valence-electron chi connectivity index (χ4n) is 2.47. The Morgan fingerprint density at radius 2 is 2.08 bits per heavy atom. The van der Waals surface area contributed by atoms with Crippen LogP contribution in [0.2, 0.25) is 0 Å². The van der Waals surface area contributed by atoms with Crippen LogP contribution >= 0.6 is 0 Å². The van der Waals surface area contributed by atoms with Gasteiger partial charge in [-0.25, -0.2) is 13.4 Å². The molecule has 3 heterocycles. The molecule has 3 aromatic heterocycles. The molecule has 3 rings (SSSR count). The molecule has 3 aromatic rings. The summed E-state index contributed by atoms with van der Waals surface area (Å²) in [7, 11) is -3.55. The van der Waals surface area contributed by atoms with Crippen LogP contribution in [0.5, 0.6) is 0 Å². The van der Waals surface area contributed by atoms with Gasteiger partial charge in [-0.15, -0.1) is 0 Å². The number of pyridine rings is 1. The van der Waals surface area contributed by atoms with Crippen LogP contribution in [0.3, 0.4) is 0 Å². The van der Waals surface area contributed by atoms with Gasteiger partial charge < -0.3 is 5.32 Å². The van der Waals surface area contributed by atoms with E-state index in [-0.39, 0.29) is 16.9 Å². The molecule has 0 radical (unpaired) electrons. The third kappa shape index (κ3) is 3.16. The van der Waals surface area contributed by atoms with E-state index >= 15 is 0 Å². The van der Waals surface area contributed by atoms with Crippen molar-refractivity contribution in [3.8, 4) is 0 Å². The van der Waals surface area contributed by atoms with Crippen LogP contribution in [0.15, 0.2) is 48.0 Å². The normalized spacial score (nSPS) is 13.1. The van der Waals surface area contributed by atoms with E-state index in [1.165, 1.54) is 4.40 Å². The summed E-state index contributed by atoms with van der Waals surface area (Å²) in [5, 5.41) is 6.76. The molecule has 0 bridgehead atoms. The van der Waals surface area contributed by atoms with E-state index in [2.05, 4.69) is 15.4 Å². The van der Waals surface area contributed by atoms with Crippen LogP contribution < -0.4 is 5.32 Å². The van der Waals surface area contributed by atoms with E-state index in [9.17, 15) is 13.2 Å². The van der Waals surface area contributed by atoms with Gasteiger partial charge in [-0.3, -0.25) is 13.9 Å². The molecule has 1 amide bonds. The molecule has 0 aromatic carbocycles. The van der Waals surface area contributed by atoms with Crippen molar-refractivity contribution in [3.63, 3.8) is 0 Å². The molecule has 8 nitrogen and oxygen atoms in total. The van der Waals surface area contributed by atoms with Crippen LogP contribution in [0.4, 0.5) is 0 Å². The number of nitrogens with zero attached hydrogens (tertiary/aromatic N) is 4. The molecule has 0 aliphatic heterocycles.